The minimum Gasteiger partial charge on any atom is -0.506 e. The van der Waals surface area contributed by atoms with Gasteiger partial charge in [0.2, 0.25) is 5.88 Å². The van der Waals surface area contributed by atoms with E-state index in [0.717, 1.165) is 0 Å². The Labute approximate surface area is 89.8 Å². The fourth-order valence-corrected chi connectivity index (χ4v) is 1.56. The minimum atomic E-state index is -0.525. The van der Waals surface area contributed by atoms with Crippen molar-refractivity contribution in [2.24, 2.45) is 0 Å². The highest BCUT2D eigenvalue weighted by Gasteiger charge is 2.14. The summed E-state index contributed by atoms with van der Waals surface area (Å²) in [4.78, 5) is 14.3. The zero-order valence-corrected chi connectivity index (χ0v) is 8.19. The number of rotatable bonds is 1. The Morgan fingerprint density at radius 2 is 2.07 bits per heavy atom. The number of aldehydes is 1. The van der Waals surface area contributed by atoms with E-state index in [-0.39, 0.29) is 16.8 Å². The molecular weight excluding hydrogens is 218 g/mol. The lowest BCUT2D eigenvalue weighted by Gasteiger charge is -2.05. The van der Waals surface area contributed by atoms with Gasteiger partial charge < -0.3 is 10.2 Å². The summed E-state index contributed by atoms with van der Waals surface area (Å²) >= 11 is 5.82. The number of para-hydroxylation sites is 1. The van der Waals surface area contributed by atoms with Gasteiger partial charge in [0.1, 0.15) is 11.3 Å². The monoisotopic (exact) mass is 223 g/mol. The number of fused-ring (bicyclic) bond motifs is 1. The van der Waals surface area contributed by atoms with Crippen LogP contribution < -0.4 is 0 Å². The molecule has 2 aromatic rings. The molecule has 1 aromatic heterocycles. The van der Waals surface area contributed by atoms with Crippen LogP contribution in [0.25, 0.3) is 10.9 Å². The van der Waals surface area contributed by atoms with E-state index in [0.29, 0.717) is 16.7 Å². The number of nitrogens with zero attached hydrogens (tertiary/aromatic N) is 1. The van der Waals surface area contributed by atoms with Crippen molar-refractivity contribution in [1.29, 1.82) is 0 Å². The van der Waals surface area contributed by atoms with Gasteiger partial charge >= 0.3 is 0 Å². The predicted octanol–water partition coefficient (Wildman–Crippen LogP) is 2.11. The first-order valence-electron chi connectivity index (χ1n) is 4.10. The van der Waals surface area contributed by atoms with Crippen LogP contribution in [0, 0.1) is 0 Å². The van der Waals surface area contributed by atoms with Crippen LogP contribution in [0.5, 0.6) is 11.6 Å². The number of benzene rings is 1. The molecular formula is C10H6ClNO3. The maximum absolute atomic E-state index is 10.6. The van der Waals surface area contributed by atoms with E-state index in [2.05, 4.69) is 4.98 Å². The molecule has 0 unspecified atom stereocenters. The molecule has 76 valence electrons. The van der Waals surface area contributed by atoms with E-state index >= 15 is 0 Å². The lowest BCUT2D eigenvalue weighted by atomic mass is 10.1. The summed E-state index contributed by atoms with van der Waals surface area (Å²) in [5.74, 6) is -0.835. The summed E-state index contributed by atoms with van der Waals surface area (Å²) in [7, 11) is 0. The summed E-state index contributed by atoms with van der Waals surface area (Å²) < 4.78 is 0. The molecule has 2 rings (SSSR count). The summed E-state index contributed by atoms with van der Waals surface area (Å²) in [5.41, 5.74) is 0.0320. The van der Waals surface area contributed by atoms with Gasteiger partial charge in [-0.3, -0.25) is 4.79 Å². The third-order valence-corrected chi connectivity index (χ3v) is 2.38. The molecule has 15 heavy (non-hydrogen) atoms. The smallest absolute Gasteiger partial charge is 0.226 e. The second kappa shape index (κ2) is 3.40. The van der Waals surface area contributed by atoms with Gasteiger partial charge in [0.15, 0.2) is 6.29 Å². The maximum atomic E-state index is 10.6. The second-order valence-corrected chi connectivity index (χ2v) is 3.36. The van der Waals surface area contributed by atoms with Crippen molar-refractivity contribution < 1.29 is 15.0 Å². The molecule has 1 heterocycles. The van der Waals surface area contributed by atoms with Crippen LogP contribution in [0.2, 0.25) is 5.02 Å². The van der Waals surface area contributed by atoms with Crippen molar-refractivity contribution in [3.8, 4) is 11.6 Å². The molecule has 5 heteroatoms. The topological polar surface area (TPSA) is 70.4 Å². The number of carbonyl (C=O) groups is 1. The highest BCUT2D eigenvalue weighted by molar-refractivity contribution is 6.35. The number of aromatic hydroxyl groups is 2. The van der Waals surface area contributed by atoms with Crippen molar-refractivity contribution in [3.63, 3.8) is 0 Å². The molecule has 0 radical (unpaired) electrons. The highest BCUT2D eigenvalue weighted by atomic mass is 35.5. The molecule has 0 fully saturated rings. The van der Waals surface area contributed by atoms with Gasteiger partial charge in [-0.15, -0.1) is 0 Å². The maximum Gasteiger partial charge on any atom is 0.226 e. The molecule has 0 aliphatic rings. The van der Waals surface area contributed by atoms with E-state index in [1.165, 1.54) is 0 Å². The van der Waals surface area contributed by atoms with Gasteiger partial charge in [0.05, 0.1) is 10.5 Å². The van der Waals surface area contributed by atoms with Crippen LogP contribution >= 0.6 is 11.6 Å². The molecule has 0 bridgehead atoms. The predicted molar refractivity (Wildman–Crippen MR) is 55.5 cm³/mol. The normalized spacial score (nSPS) is 10.5. The van der Waals surface area contributed by atoms with E-state index < -0.39 is 5.88 Å². The number of hydrogen-bond acceptors (Lipinski definition) is 4. The number of hydrogen-bond donors (Lipinski definition) is 2. The van der Waals surface area contributed by atoms with Crippen molar-refractivity contribution in [2.75, 3.05) is 0 Å². The third-order valence-electron chi connectivity index (χ3n) is 2.07. The zero-order valence-electron chi connectivity index (χ0n) is 7.44. The molecule has 0 aliphatic carbocycles. The van der Waals surface area contributed by atoms with Crippen LogP contribution in [0.1, 0.15) is 10.4 Å². The number of aromatic nitrogens is 1. The van der Waals surface area contributed by atoms with Gasteiger partial charge in [-0.25, -0.2) is 4.98 Å². The molecule has 0 saturated heterocycles. The SMILES string of the molecule is O=Cc1c(O)nc2c(Cl)cccc2c1O. The van der Waals surface area contributed by atoms with Crippen LogP contribution in [0.3, 0.4) is 0 Å². The Balaban J connectivity index is 2.97. The molecule has 0 amide bonds. The quantitative estimate of drug-likeness (QED) is 0.727. The summed E-state index contributed by atoms with van der Waals surface area (Å²) in [5, 5.41) is 19.7. The van der Waals surface area contributed by atoms with Crippen LogP contribution in [0.4, 0.5) is 0 Å². The van der Waals surface area contributed by atoms with Gasteiger partial charge in [-0.1, -0.05) is 17.7 Å². The average molecular weight is 224 g/mol. The number of carbonyl (C=O) groups excluding carboxylic acids is 1. The van der Waals surface area contributed by atoms with E-state index in [1.807, 2.05) is 0 Å². The number of pyridine rings is 1. The molecule has 4 nitrogen and oxygen atoms in total. The summed E-state index contributed by atoms with van der Waals surface area (Å²) in [6.45, 7) is 0. The Morgan fingerprint density at radius 1 is 1.33 bits per heavy atom. The standard InChI is InChI=1S/C10H6ClNO3/c11-7-3-1-2-5-8(7)12-10(15)6(4-13)9(5)14/h1-4H,(H2,12,14,15). The molecule has 0 atom stereocenters. The van der Waals surface area contributed by atoms with E-state index in [9.17, 15) is 15.0 Å². The molecule has 1 aromatic carbocycles. The lowest BCUT2D eigenvalue weighted by Crippen LogP contribution is -1.89. The van der Waals surface area contributed by atoms with E-state index in [4.69, 9.17) is 11.6 Å². The first kappa shape index (κ1) is 9.73. The molecule has 2 N–H and O–H groups in total. The van der Waals surface area contributed by atoms with Crippen molar-refractivity contribution in [2.45, 2.75) is 0 Å². The molecule has 0 aliphatic heterocycles. The molecule has 0 spiro atoms. The van der Waals surface area contributed by atoms with Gasteiger partial charge in [0.25, 0.3) is 0 Å². The van der Waals surface area contributed by atoms with Crippen molar-refractivity contribution >= 4 is 28.8 Å². The summed E-state index contributed by atoms with van der Waals surface area (Å²) in [6.07, 6.45) is 0.345. The van der Waals surface area contributed by atoms with Crippen molar-refractivity contribution in [1.82, 2.24) is 4.98 Å². The van der Waals surface area contributed by atoms with Gasteiger partial charge in [0, 0.05) is 5.39 Å². The van der Waals surface area contributed by atoms with E-state index in [1.54, 1.807) is 18.2 Å². The Hall–Kier alpha value is -1.81. The zero-order chi connectivity index (χ0) is 11.0. The fourth-order valence-electron chi connectivity index (χ4n) is 1.35. The average Bonchev–Trinajstić information content (AvgIpc) is 2.20. The van der Waals surface area contributed by atoms with Crippen LogP contribution in [-0.2, 0) is 0 Å². The second-order valence-electron chi connectivity index (χ2n) is 2.95. The van der Waals surface area contributed by atoms with Gasteiger partial charge in [-0.2, -0.15) is 0 Å². The van der Waals surface area contributed by atoms with Crippen LogP contribution in [0.15, 0.2) is 18.2 Å². The molecule has 0 saturated carbocycles. The fraction of sp³-hybridized carbons (Fsp3) is 0. The van der Waals surface area contributed by atoms with Gasteiger partial charge in [-0.05, 0) is 12.1 Å². The Bertz CT molecular complexity index is 554. The van der Waals surface area contributed by atoms with Crippen LogP contribution in [-0.4, -0.2) is 21.5 Å². The number of halogens is 1. The Morgan fingerprint density at radius 3 is 2.73 bits per heavy atom. The van der Waals surface area contributed by atoms with Crippen molar-refractivity contribution in [3.05, 3.63) is 28.8 Å². The third kappa shape index (κ3) is 1.39. The Kier molecular flexibility index (Phi) is 2.21. The first-order chi connectivity index (χ1) is 7.15. The minimum absolute atomic E-state index is 0.232. The highest BCUT2D eigenvalue weighted by Crippen LogP contribution is 2.34. The summed E-state index contributed by atoms with van der Waals surface area (Å²) in [6, 6.07) is 4.77. The first-order valence-corrected chi connectivity index (χ1v) is 4.48. The lowest BCUT2D eigenvalue weighted by molar-refractivity contribution is 0.111. The largest absolute Gasteiger partial charge is 0.506 e.